The summed E-state index contributed by atoms with van der Waals surface area (Å²) in [6, 6.07) is 18.9. The fraction of sp³-hybridized carbons (Fsp3) is 0.571. The van der Waals surface area contributed by atoms with Gasteiger partial charge in [0.25, 0.3) is 0 Å². The molecule has 0 amide bonds. The summed E-state index contributed by atoms with van der Waals surface area (Å²) in [4.78, 5) is 0. The van der Waals surface area contributed by atoms with Gasteiger partial charge in [-0.2, -0.15) is 0 Å². The number of rotatable bonds is 17. The summed E-state index contributed by atoms with van der Waals surface area (Å²) in [6.45, 7) is 5.32. The molecule has 0 radical (unpaired) electrons. The molecule has 0 aromatic heterocycles. The predicted octanol–water partition coefficient (Wildman–Crippen LogP) is 8.80. The lowest BCUT2D eigenvalue weighted by atomic mass is 10.1. The Morgan fingerprint density at radius 1 is 0.600 bits per heavy atom. The molecule has 2 heteroatoms. The molecule has 0 aliphatic heterocycles. The number of hydrogen-bond acceptors (Lipinski definition) is 2. The Labute approximate surface area is 185 Å². The van der Waals surface area contributed by atoms with Gasteiger partial charge in [-0.1, -0.05) is 114 Å². The normalized spacial score (nSPS) is 12.1. The molecule has 0 saturated heterocycles. The first kappa shape index (κ1) is 24.5. The van der Waals surface area contributed by atoms with Gasteiger partial charge in [0.15, 0.2) is 6.29 Å². The minimum Gasteiger partial charge on any atom is -0.465 e. The van der Waals surface area contributed by atoms with Crippen molar-refractivity contribution in [2.24, 2.45) is 0 Å². The molecular weight excluding hydrogens is 368 g/mol. The summed E-state index contributed by atoms with van der Waals surface area (Å²) in [5, 5.41) is 0. The maximum atomic E-state index is 6.23. The molecule has 0 heterocycles. The molecule has 0 bridgehead atoms. The van der Waals surface area contributed by atoms with Crippen molar-refractivity contribution in [2.75, 3.05) is 6.61 Å². The Morgan fingerprint density at radius 3 is 1.83 bits per heavy atom. The van der Waals surface area contributed by atoms with Gasteiger partial charge in [0.2, 0.25) is 0 Å². The van der Waals surface area contributed by atoms with Crippen LogP contribution < -0.4 is 4.74 Å². The van der Waals surface area contributed by atoms with E-state index in [0.717, 1.165) is 25.2 Å². The van der Waals surface area contributed by atoms with E-state index in [4.69, 9.17) is 9.47 Å². The van der Waals surface area contributed by atoms with Crippen LogP contribution in [0.2, 0.25) is 0 Å². The lowest BCUT2D eigenvalue weighted by molar-refractivity contribution is -0.0865. The van der Waals surface area contributed by atoms with Gasteiger partial charge in [-0.05, 0) is 36.1 Å². The molecule has 2 nitrogen and oxygen atoms in total. The van der Waals surface area contributed by atoms with Crippen LogP contribution in [0.15, 0.2) is 54.6 Å². The molecule has 30 heavy (non-hydrogen) atoms. The minimum absolute atomic E-state index is 0.134. The van der Waals surface area contributed by atoms with Crippen LogP contribution in [0.4, 0.5) is 0 Å². The average Bonchev–Trinajstić information content (AvgIpc) is 2.79. The highest BCUT2D eigenvalue weighted by Crippen LogP contribution is 2.24. The monoisotopic (exact) mass is 410 g/mol. The molecule has 2 rings (SSSR count). The van der Waals surface area contributed by atoms with Crippen LogP contribution >= 0.6 is 0 Å². The van der Waals surface area contributed by atoms with E-state index in [1.165, 1.54) is 75.3 Å². The van der Waals surface area contributed by atoms with Gasteiger partial charge in [-0.3, -0.25) is 0 Å². The third kappa shape index (κ3) is 10.3. The summed E-state index contributed by atoms with van der Waals surface area (Å²) >= 11 is 0. The zero-order chi connectivity index (χ0) is 21.3. The molecule has 0 saturated carbocycles. The molecule has 0 N–H and O–H groups in total. The third-order valence-corrected chi connectivity index (χ3v) is 5.57. The lowest BCUT2D eigenvalue weighted by Crippen LogP contribution is -2.21. The van der Waals surface area contributed by atoms with E-state index >= 15 is 0 Å². The van der Waals surface area contributed by atoms with Crippen molar-refractivity contribution >= 4 is 0 Å². The second kappa shape index (κ2) is 16.0. The van der Waals surface area contributed by atoms with Crippen molar-refractivity contribution in [1.82, 2.24) is 0 Å². The van der Waals surface area contributed by atoms with E-state index in [9.17, 15) is 0 Å². The highest BCUT2D eigenvalue weighted by Gasteiger charge is 2.11. The second-order valence-electron chi connectivity index (χ2n) is 8.28. The lowest BCUT2D eigenvalue weighted by Gasteiger charge is -2.20. The van der Waals surface area contributed by atoms with Gasteiger partial charge in [0, 0.05) is 6.42 Å². The largest absolute Gasteiger partial charge is 0.465 e. The fourth-order valence-electron chi connectivity index (χ4n) is 3.70. The maximum absolute atomic E-state index is 6.23. The van der Waals surface area contributed by atoms with Crippen LogP contribution in [0.3, 0.4) is 0 Å². The van der Waals surface area contributed by atoms with Gasteiger partial charge in [0.1, 0.15) is 5.75 Å². The fourth-order valence-corrected chi connectivity index (χ4v) is 3.70. The Bertz CT molecular complexity index is 635. The standard InChI is InChI=1S/C28H42O2/c1-3-5-7-9-11-16-24-29-28(19-15-10-8-6-4-2)30-27-22-20-26(21-23-27)25-17-13-12-14-18-25/h12-14,17-18,20-23,28H,3-11,15-16,19,24H2,1-2H3. The molecule has 1 atom stereocenters. The summed E-state index contributed by atoms with van der Waals surface area (Å²) in [5.74, 6) is 0.899. The zero-order valence-corrected chi connectivity index (χ0v) is 19.3. The van der Waals surface area contributed by atoms with E-state index < -0.39 is 0 Å². The summed E-state index contributed by atoms with van der Waals surface area (Å²) in [6.07, 6.45) is 14.9. The van der Waals surface area contributed by atoms with Crippen molar-refractivity contribution in [1.29, 1.82) is 0 Å². The SMILES string of the molecule is CCCCCCCCOC(CCCCCCC)Oc1ccc(-c2ccccc2)cc1. The van der Waals surface area contributed by atoms with Gasteiger partial charge in [0.05, 0.1) is 6.61 Å². The van der Waals surface area contributed by atoms with Crippen LogP contribution in [0.25, 0.3) is 11.1 Å². The van der Waals surface area contributed by atoms with Crippen molar-refractivity contribution < 1.29 is 9.47 Å². The van der Waals surface area contributed by atoms with Crippen LogP contribution in [0.5, 0.6) is 5.75 Å². The first-order chi connectivity index (χ1) is 14.8. The highest BCUT2D eigenvalue weighted by atomic mass is 16.7. The first-order valence-electron chi connectivity index (χ1n) is 12.3. The molecule has 166 valence electrons. The minimum atomic E-state index is -0.134. The van der Waals surface area contributed by atoms with Crippen LogP contribution in [0, 0.1) is 0 Å². The number of hydrogen-bond donors (Lipinski definition) is 0. The van der Waals surface area contributed by atoms with E-state index in [2.05, 4.69) is 62.4 Å². The molecule has 2 aromatic rings. The predicted molar refractivity (Wildman–Crippen MR) is 129 cm³/mol. The van der Waals surface area contributed by atoms with Crippen molar-refractivity contribution in [3.8, 4) is 16.9 Å². The number of ether oxygens (including phenoxy) is 2. The highest BCUT2D eigenvalue weighted by molar-refractivity contribution is 5.63. The quantitative estimate of drug-likeness (QED) is 0.192. The van der Waals surface area contributed by atoms with Crippen LogP contribution in [-0.4, -0.2) is 12.9 Å². The van der Waals surface area contributed by atoms with Crippen molar-refractivity contribution in [3.63, 3.8) is 0 Å². The molecular formula is C28H42O2. The Balaban J connectivity index is 1.81. The molecule has 2 aromatic carbocycles. The van der Waals surface area contributed by atoms with Crippen molar-refractivity contribution in [3.05, 3.63) is 54.6 Å². The van der Waals surface area contributed by atoms with Gasteiger partial charge < -0.3 is 9.47 Å². The van der Waals surface area contributed by atoms with E-state index in [0.29, 0.717) is 0 Å². The van der Waals surface area contributed by atoms with Gasteiger partial charge in [-0.15, -0.1) is 0 Å². The topological polar surface area (TPSA) is 18.5 Å². The van der Waals surface area contributed by atoms with Crippen molar-refractivity contribution in [2.45, 2.75) is 97.2 Å². The second-order valence-corrected chi connectivity index (χ2v) is 8.28. The molecule has 0 fully saturated rings. The zero-order valence-electron chi connectivity index (χ0n) is 19.3. The molecule has 0 spiro atoms. The van der Waals surface area contributed by atoms with Crippen LogP contribution in [0.1, 0.15) is 90.9 Å². The summed E-state index contributed by atoms with van der Waals surface area (Å²) < 4.78 is 12.4. The first-order valence-corrected chi connectivity index (χ1v) is 12.3. The summed E-state index contributed by atoms with van der Waals surface area (Å²) in [5.41, 5.74) is 2.45. The van der Waals surface area contributed by atoms with Gasteiger partial charge in [-0.25, -0.2) is 0 Å². The molecule has 0 aliphatic carbocycles. The van der Waals surface area contributed by atoms with E-state index in [-0.39, 0.29) is 6.29 Å². The Hall–Kier alpha value is -1.80. The van der Waals surface area contributed by atoms with Crippen LogP contribution in [-0.2, 0) is 4.74 Å². The third-order valence-electron chi connectivity index (χ3n) is 5.57. The average molecular weight is 411 g/mol. The maximum Gasteiger partial charge on any atom is 0.199 e. The van der Waals surface area contributed by atoms with E-state index in [1.54, 1.807) is 0 Å². The summed E-state index contributed by atoms with van der Waals surface area (Å²) in [7, 11) is 0. The number of benzene rings is 2. The van der Waals surface area contributed by atoms with E-state index in [1.807, 2.05) is 6.07 Å². The van der Waals surface area contributed by atoms with Gasteiger partial charge >= 0.3 is 0 Å². The smallest absolute Gasteiger partial charge is 0.199 e. The Kier molecular flexibility index (Phi) is 13.0. The Morgan fingerprint density at radius 2 is 1.17 bits per heavy atom. The number of unbranched alkanes of at least 4 members (excludes halogenated alkanes) is 9. The molecule has 1 unspecified atom stereocenters. The molecule has 0 aliphatic rings.